The number of thioether (sulfide) groups is 2. The molecule has 0 bridgehead atoms. The number of nitrogens with zero attached hydrogens (tertiary/aromatic N) is 4. The van der Waals surface area contributed by atoms with E-state index in [1.807, 2.05) is 0 Å². The lowest BCUT2D eigenvalue weighted by Gasteiger charge is -2.08. The van der Waals surface area contributed by atoms with Crippen LogP contribution in [0.2, 0.25) is 0 Å². The fraction of sp³-hybridized carbons (Fsp3) is 0.375. The number of aryl methyl sites for hydroxylation is 2. The Kier molecular flexibility index (Phi) is 6.92. The maximum absolute atomic E-state index is 12.2. The molecule has 0 spiro atoms. The number of carbonyl (C=O) groups is 2. The summed E-state index contributed by atoms with van der Waals surface area (Å²) < 4.78 is 11.2. The fourth-order valence-corrected chi connectivity index (χ4v) is 5.30. The Morgan fingerprint density at radius 2 is 1.31 bits per heavy atom. The summed E-state index contributed by atoms with van der Waals surface area (Å²) in [5, 5.41) is 20.1. The molecule has 0 aliphatic rings. The third kappa shape index (κ3) is 6.05. The molecule has 3 aromatic heterocycles. The first kappa shape index (κ1) is 21.3. The molecule has 2 amide bonds. The molecule has 2 N–H and O–H groups in total. The lowest BCUT2D eigenvalue weighted by atomic mass is 10.4. The van der Waals surface area contributed by atoms with E-state index >= 15 is 0 Å². The molecule has 0 saturated heterocycles. The first-order chi connectivity index (χ1) is 13.8. The second kappa shape index (κ2) is 9.41. The van der Waals surface area contributed by atoms with Crippen molar-refractivity contribution in [2.75, 3.05) is 10.6 Å². The van der Waals surface area contributed by atoms with Gasteiger partial charge in [-0.2, -0.15) is 0 Å². The van der Waals surface area contributed by atoms with Crippen LogP contribution in [-0.4, -0.2) is 42.8 Å². The van der Waals surface area contributed by atoms with E-state index in [-0.39, 0.29) is 11.8 Å². The number of amides is 2. The quantitative estimate of drug-likeness (QED) is 0.487. The summed E-state index contributed by atoms with van der Waals surface area (Å²) in [7, 11) is 0. The molecule has 3 rings (SSSR count). The molecular weight excluding hydrogens is 436 g/mol. The van der Waals surface area contributed by atoms with Gasteiger partial charge < -0.3 is 9.05 Å². The number of anilines is 2. The number of hydrogen-bond donors (Lipinski definition) is 2. The highest BCUT2D eigenvalue weighted by molar-refractivity contribution is 8.04. The van der Waals surface area contributed by atoms with Crippen LogP contribution in [0.4, 0.5) is 11.8 Å². The zero-order chi connectivity index (χ0) is 21.0. The Balaban J connectivity index is 1.50. The van der Waals surface area contributed by atoms with Crippen molar-refractivity contribution in [3.8, 4) is 0 Å². The van der Waals surface area contributed by atoms with Gasteiger partial charge in [-0.1, -0.05) is 45.2 Å². The standard InChI is InChI=1S/C16H18N6O4S3/c1-7-5-11(25-21-7)17-13(23)9(3)27-15-19-20-16(29-15)28-10(4)14(24)18-12-6-8(2)22-26-12/h5-6,9-10H,1-4H3,(H,17,23)(H,18,24). The average Bonchev–Trinajstić information content (AvgIpc) is 3.38. The monoisotopic (exact) mass is 454 g/mol. The first-order valence-corrected chi connectivity index (χ1v) is 11.0. The SMILES string of the molecule is Cc1cc(NC(=O)C(C)Sc2nnc(SC(C)C(=O)Nc3cc(C)no3)s2)on1. The van der Waals surface area contributed by atoms with Gasteiger partial charge in [-0.05, 0) is 27.7 Å². The lowest BCUT2D eigenvalue weighted by Crippen LogP contribution is -2.22. The highest BCUT2D eigenvalue weighted by atomic mass is 32.2. The maximum Gasteiger partial charge on any atom is 0.240 e. The van der Waals surface area contributed by atoms with Crippen LogP contribution >= 0.6 is 34.9 Å². The van der Waals surface area contributed by atoms with Crippen molar-refractivity contribution in [2.24, 2.45) is 0 Å². The minimum Gasteiger partial charge on any atom is -0.338 e. The van der Waals surface area contributed by atoms with Crippen LogP contribution in [0.5, 0.6) is 0 Å². The van der Waals surface area contributed by atoms with Crippen LogP contribution < -0.4 is 10.6 Å². The molecule has 13 heteroatoms. The predicted molar refractivity (Wildman–Crippen MR) is 110 cm³/mol. The lowest BCUT2D eigenvalue weighted by molar-refractivity contribution is -0.116. The second-order valence-corrected chi connectivity index (χ2v) is 10.2. The van der Waals surface area contributed by atoms with Gasteiger partial charge in [-0.25, -0.2) is 0 Å². The molecule has 10 nitrogen and oxygen atoms in total. The van der Waals surface area contributed by atoms with E-state index in [1.54, 1.807) is 39.8 Å². The maximum atomic E-state index is 12.2. The topological polar surface area (TPSA) is 136 Å². The molecule has 0 aromatic carbocycles. The minimum atomic E-state index is -0.415. The number of hydrogen-bond acceptors (Lipinski definition) is 11. The molecule has 3 heterocycles. The smallest absolute Gasteiger partial charge is 0.240 e. The molecule has 0 radical (unpaired) electrons. The van der Waals surface area contributed by atoms with Crippen molar-refractivity contribution < 1.29 is 18.6 Å². The van der Waals surface area contributed by atoms with E-state index in [4.69, 9.17) is 9.05 Å². The van der Waals surface area contributed by atoms with E-state index in [0.29, 0.717) is 31.8 Å². The summed E-state index contributed by atoms with van der Waals surface area (Å²) in [6, 6.07) is 3.28. The van der Waals surface area contributed by atoms with Gasteiger partial charge in [0.1, 0.15) is 0 Å². The van der Waals surface area contributed by atoms with Crippen molar-refractivity contribution >= 4 is 58.4 Å². The summed E-state index contributed by atoms with van der Waals surface area (Å²) in [6.07, 6.45) is 0. The zero-order valence-corrected chi connectivity index (χ0v) is 18.4. The number of carbonyl (C=O) groups excluding carboxylic acids is 2. The molecule has 2 atom stereocenters. The van der Waals surface area contributed by atoms with Crippen LogP contribution in [0, 0.1) is 13.8 Å². The summed E-state index contributed by atoms with van der Waals surface area (Å²) in [4.78, 5) is 24.5. The Morgan fingerprint density at radius 1 is 0.897 bits per heavy atom. The Morgan fingerprint density at radius 3 is 1.66 bits per heavy atom. The van der Waals surface area contributed by atoms with Crippen LogP contribution in [0.3, 0.4) is 0 Å². The van der Waals surface area contributed by atoms with E-state index in [2.05, 4.69) is 31.1 Å². The largest absolute Gasteiger partial charge is 0.338 e. The number of rotatable bonds is 8. The molecule has 0 aliphatic carbocycles. The summed E-state index contributed by atoms with van der Waals surface area (Å²) in [5.74, 6) is 0.141. The van der Waals surface area contributed by atoms with Gasteiger partial charge in [0.2, 0.25) is 23.6 Å². The molecule has 3 aromatic rings. The van der Waals surface area contributed by atoms with E-state index < -0.39 is 10.5 Å². The molecule has 2 unspecified atom stereocenters. The molecule has 0 saturated carbocycles. The van der Waals surface area contributed by atoms with Gasteiger partial charge >= 0.3 is 0 Å². The van der Waals surface area contributed by atoms with Crippen molar-refractivity contribution in [3.05, 3.63) is 23.5 Å². The Hall–Kier alpha value is -2.38. The van der Waals surface area contributed by atoms with Crippen molar-refractivity contribution in [3.63, 3.8) is 0 Å². The van der Waals surface area contributed by atoms with E-state index in [0.717, 1.165) is 0 Å². The zero-order valence-electron chi connectivity index (χ0n) is 16.0. The minimum absolute atomic E-state index is 0.231. The summed E-state index contributed by atoms with van der Waals surface area (Å²) in [5.41, 5.74) is 1.37. The van der Waals surface area contributed by atoms with Gasteiger partial charge in [0, 0.05) is 12.1 Å². The first-order valence-electron chi connectivity index (χ1n) is 8.45. The third-order valence-electron chi connectivity index (χ3n) is 3.43. The van der Waals surface area contributed by atoms with Gasteiger partial charge in [0.05, 0.1) is 21.9 Å². The van der Waals surface area contributed by atoms with Crippen molar-refractivity contribution in [2.45, 2.75) is 46.9 Å². The van der Waals surface area contributed by atoms with Crippen LogP contribution in [-0.2, 0) is 9.59 Å². The number of aromatic nitrogens is 4. The van der Waals surface area contributed by atoms with Gasteiger partial charge in [-0.3, -0.25) is 20.2 Å². The normalized spacial score (nSPS) is 13.1. The van der Waals surface area contributed by atoms with Crippen LogP contribution in [0.1, 0.15) is 25.2 Å². The highest BCUT2D eigenvalue weighted by Crippen LogP contribution is 2.33. The molecule has 0 aliphatic heterocycles. The Labute approximate surface area is 178 Å². The predicted octanol–water partition coefficient (Wildman–Crippen LogP) is 3.37. The second-order valence-electron chi connectivity index (χ2n) is 6.00. The molecular formula is C16H18N6O4S3. The van der Waals surface area contributed by atoms with E-state index in [9.17, 15) is 9.59 Å². The number of nitrogens with one attached hydrogen (secondary N) is 2. The van der Waals surface area contributed by atoms with Gasteiger partial charge in [0.25, 0.3) is 0 Å². The van der Waals surface area contributed by atoms with Gasteiger partial charge in [0.15, 0.2) is 8.68 Å². The highest BCUT2D eigenvalue weighted by Gasteiger charge is 2.21. The summed E-state index contributed by atoms with van der Waals surface area (Å²) in [6.45, 7) is 7.05. The molecule has 29 heavy (non-hydrogen) atoms. The molecule has 0 fully saturated rings. The fourth-order valence-electron chi connectivity index (χ4n) is 1.99. The Bertz CT molecular complexity index is 924. The van der Waals surface area contributed by atoms with Crippen LogP contribution in [0.15, 0.2) is 29.9 Å². The van der Waals surface area contributed by atoms with Crippen LogP contribution in [0.25, 0.3) is 0 Å². The average molecular weight is 455 g/mol. The van der Waals surface area contributed by atoms with E-state index in [1.165, 1.54) is 34.9 Å². The summed E-state index contributed by atoms with van der Waals surface area (Å²) >= 11 is 3.86. The third-order valence-corrected chi connectivity index (χ3v) is 6.72. The van der Waals surface area contributed by atoms with Crippen molar-refractivity contribution in [1.82, 2.24) is 20.5 Å². The molecule has 154 valence electrons. The van der Waals surface area contributed by atoms with Gasteiger partial charge in [-0.15, -0.1) is 10.2 Å². The van der Waals surface area contributed by atoms with Crippen molar-refractivity contribution in [1.29, 1.82) is 0 Å².